The van der Waals surface area contributed by atoms with Gasteiger partial charge in [0.25, 0.3) is 5.56 Å². The third kappa shape index (κ3) is 2.47. The third-order valence-electron chi connectivity index (χ3n) is 2.22. The van der Waals surface area contributed by atoms with E-state index < -0.39 is 5.69 Å². The number of H-pyrrole nitrogens is 1. The zero-order valence-corrected chi connectivity index (χ0v) is 8.86. The van der Waals surface area contributed by atoms with Crippen molar-refractivity contribution in [2.45, 2.75) is 6.92 Å². The Hall–Kier alpha value is -1.56. The summed E-state index contributed by atoms with van der Waals surface area (Å²) in [5.41, 5.74) is -0.806. The van der Waals surface area contributed by atoms with E-state index in [1.54, 1.807) is 4.90 Å². The quantitative estimate of drug-likeness (QED) is 0.665. The van der Waals surface area contributed by atoms with Gasteiger partial charge in [0.1, 0.15) is 5.82 Å². The van der Waals surface area contributed by atoms with Crippen LogP contribution in [-0.2, 0) is 7.05 Å². The van der Waals surface area contributed by atoms with E-state index in [2.05, 4.69) is 4.98 Å². The maximum Gasteiger partial charge on any atom is 0.329 e. The maximum atomic E-state index is 11.3. The van der Waals surface area contributed by atoms with Crippen LogP contribution in [0.3, 0.4) is 0 Å². The van der Waals surface area contributed by atoms with Gasteiger partial charge in [-0.2, -0.15) is 0 Å². The molecule has 0 atom stereocenters. The standard InChI is InChI=1S/C9H15N3O3/c1-3-12(4-5-13)7-6-8(14)11(2)9(15)10-7/h6,13H,3-5H2,1-2H3,(H,10,15). The van der Waals surface area contributed by atoms with E-state index in [0.717, 1.165) is 4.57 Å². The summed E-state index contributed by atoms with van der Waals surface area (Å²) < 4.78 is 0.996. The second kappa shape index (κ2) is 4.79. The van der Waals surface area contributed by atoms with Gasteiger partial charge in [0, 0.05) is 26.2 Å². The Morgan fingerprint density at radius 1 is 1.53 bits per heavy atom. The molecule has 1 heterocycles. The zero-order valence-electron chi connectivity index (χ0n) is 8.86. The highest BCUT2D eigenvalue weighted by molar-refractivity contribution is 5.36. The van der Waals surface area contributed by atoms with Crippen molar-refractivity contribution in [2.75, 3.05) is 24.6 Å². The van der Waals surface area contributed by atoms with Crippen LogP contribution in [0.1, 0.15) is 6.92 Å². The number of rotatable bonds is 4. The first-order chi connectivity index (χ1) is 7.10. The van der Waals surface area contributed by atoms with Crippen LogP contribution in [0.25, 0.3) is 0 Å². The predicted molar refractivity (Wildman–Crippen MR) is 57.3 cm³/mol. The molecule has 0 bridgehead atoms. The van der Waals surface area contributed by atoms with Crippen molar-refractivity contribution in [3.8, 4) is 0 Å². The molecule has 2 N–H and O–H groups in total. The molecule has 0 aliphatic rings. The van der Waals surface area contributed by atoms with Crippen LogP contribution < -0.4 is 16.1 Å². The average molecular weight is 213 g/mol. The lowest BCUT2D eigenvalue weighted by Crippen LogP contribution is -2.36. The molecular weight excluding hydrogens is 198 g/mol. The molecule has 0 saturated heterocycles. The predicted octanol–water partition coefficient (Wildman–Crippen LogP) is -1.11. The Labute approximate surface area is 86.8 Å². The number of nitrogens with one attached hydrogen (secondary N) is 1. The maximum absolute atomic E-state index is 11.3. The molecule has 0 aliphatic carbocycles. The van der Waals surface area contributed by atoms with Gasteiger partial charge in [-0.25, -0.2) is 4.79 Å². The van der Waals surface area contributed by atoms with Gasteiger partial charge in [-0.05, 0) is 6.92 Å². The van der Waals surface area contributed by atoms with Gasteiger partial charge in [0.2, 0.25) is 0 Å². The Kier molecular flexibility index (Phi) is 3.68. The zero-order chi connectivity index (χ0) is 11.4. The monoisotopic (exact) mass is 213 g/mol. The van der Waals surface area contributed by atoms with Gasteiger partial charge in [-0.3, -0.25) is 14.3 Å². The minimum Gasteiger partial charge on any atom is -0.395 e. The molecule has 0 unspecified atom stereocenters. The van der Waals surface area contributed by atoms with Crippen molar-refractivity contribution in [2.24, 2.45) is 7.05 Å². The Balaban J connectivity index is 3.15. The lowest BCUT2D eigenvalue weighted by atomic mass is 10.4. The Morgan fingerprint density at radius 3 is 2.67 bits per heavy atom. The van der Waals surface area contributed by atoms with Crippen molar-refractivity contribution in [3.05, 3.63) is 26.9 Å². The van der Waals surface area contributed by atoms with Crippen molar-refractivity contribution in [1.29, 1.82) is 0 Å². The summed E-state index contributed by atoms with van der Waals surface area (Å²) in [6.07, 6.45) is 0. The molecule has 6 heteroatoms. The van der Waals surface area contributed by atoms with Crippen molar-refractivity contribution < 1.29 is 5.11 Å². The molecule has 0 spiro atoms. The molecular formula is C9H15N3O3. The van der Waals surface area contributed by atoms with E-state index in [1.165, 1.54) is 13.1 Å². The van der Waals surface area contributed by atoms with Gasteiger partial charge in [-0.1, -0.05) is 0 Å². The smallest absolute Gasteiger partial charge is 0.329 e. The first kappa shape index (κ1) is 11.5. The van der Waals surface area contributed by atoms with E-state index in [4.69, 9.17) is 5.11 Å². The minimum atomic E-state index is -0.450. The molecule has 1 aromatic heterocycles. The van der Waals surface area contributed by atoms with Crippen LogP contribution in [0.15, 0.2) is 15.7 Å². The molecule has 84 valence electrons. The first-order valence-electron chi connectivity index (χ1n) is 4.76. The summed E-state index contributed by atoms with van der Waals surface area (Å²) in [5, 5.41) is 8.81. The Morgan fingerprint density at radius 2 is 2.20 bits per heavy atom. The van der Waals surface area contributed by atoms with Gasteiger partial charge in [-0.15, -0.1) is 0 Å². The number of anilines is 1. The normalized spacial score (nSPS) is 10.3. The molecule has 6 nitrogen and oxygen atoms in total. The van der Waals surface area contributed by atoms with Gasteiger partial charge in [0.15, 0.2) is 0 Å². The van der Waals surface area contributed by atoms with Crippen LogP contribution in [-0.4, -0.2) is 34.4 Å². The van der Waals surface area contributed by atoms with Gasteiger partial charge >= 0.3 is 5.69 Å². The number of hydrogen-bond acceptors (Lipinski definition) is 4. The SMILES string of the molecule is CCN(CCO)c1cc(=O)n(C)c(=O)[nH]1. The Bertz CT molecular complexity index is 404. The lowest BCUT2D eigenvalue weighted by Gasteiger charge is -2.20. The molecule has 0 amide bonds. The molecule has 1 aromatic rings. The number of likely N-dealkylation sites (N-methyl/N-ethyl adjacent to an activating group) is 1. The third-order valence-corrected chi connectivity index (χ3v) is 2.22. The van der Waals surface area contributed by atoms with Gasteiger partial charge in [0.05, 0.1) is 6.61 Å². The lowest BCUT2D eigenvalue weighted by molar-refractivity contribution is 0.302. The molecule has 0 aromatic carbocycles. The number of aromatic nitrogens is 2. The summed E-state index contributed by atoms with van der Waals surface area (Å²) in [6, 6.07) is 1.35. The fraction of sp³-hybridized carbons (Fsp3) is 0.556. The summed E-state index contributed by atoms with van der Waals surface area (Å²) >= 11 is 0. The molecule has 15 heavy (non-hydrogen) atoms. The molecule has 0 saturated carbocycles. The average Bonchev–Trinajstić information content (AvgIpc) is 2.22. The van der Waals surface area contributed by atoms with Crippen LogP contribution in [0.4, 0.5) is 5.82 Å². The summed E-state index contributed by atoms with van der Waals surface area (Å²) in [7, 11) is 1.41. The van der Waals surface area contributed by atoms with E-state index in [9.17, 15) is 9.59 Å². The highest BCUT2D eigenvalue weighted by Gasteiger charge is 2.06. The number of nitrogens with zero attached hydrogens (tertiary/aromatic N) is 2. The molecule has 0 aliphatic heterocycles. The number of aromatic amines is 1. The fourth-order valence-electron chi connectivity index (χ4n) is 1.28. The summed E-state index contributed by atoms with van der Waals surface area (Å²) in [4.78, 5) is 26.9. The molecule has 0 radical (unpaired) electrons. The summed E-state index contributed by atoms with van der Waals surface area (Å²) in [5.74, 6) is 0.444. The molecule has 0 fully saturated rings. The van der Waals surface area contributed by atoms with E-state index >= 15 is 0 Å². The number of aliphatic hydroxyl groups is 1. The van der Waals surface area contributed by atoms with Crippen molar-refractivity contribution in [1.82, 2.24) is 9.55 Å². The fourth-order valence-corrected chi connectivity index (χ4v) is 1.28. The van der Waals surface area contributed by atoms with E-state index in [-0.39, 0.29) is 12.2 Å². The highest BCUT2D eigenvalue weighted by atomic mass is 16.3. The molecule has 1 rings (SSSR count). The van der Waals surface area contributed by atoms with E-state index in [0.29, 0.717) is 18.9 Å². The second-order valence-corrected chi connectivity index (χ2v) is 3.16. The van der Waals surface area contributed by atoms with Crippen LogP contribution in [0, 0.1) is 0 Å². The topological polar surface area (TPSA) is 78.3 Å². The summed E-state index contributed by atoms with van der Waals surface area (Å²) in [6.45, 7) is 2.86. The van der Waals surface area contributed by atoms with Gasteiger partial charge < -0.3 is 10.0 Å². The highest BCUT2D eigenvalue weighted by Crippen LogP contribution is 2.03. The number of hydrogen-bond donors (Lipinski definition) is 2. The van der Waals surface area contributed by atoms with Crippen LogP contribution >= 0.6 is 0 Å². The van der Waals surface area contributed by atoms with Crippen molar-refractivity contribution >= 4 is 5.82 Å². The number of aliphatic hydroxyl groups excluding tert-OH is 1. The van der Waals surface area contributed by atoms with E-state index in [1.807, 2.05) is 6.92 Å². The van der Waals surface area contributed by atoms with Crippen LogP contribution in [0.2, 0.25) is 0 Å². The van der Waals surface area contributed by atoms with Crippen LogP contribution in [0.5, 0.6) is 0 Å². The second-order valence-electron chi connectivity index (χ2n) is 3.16. The largest absolute Gasteiger partial charge is 0.395 e. The first-order valence-corrected chi connectivity index (χ1v) is 4.76. The minimum absolute atomic E-state index is 0.0227. The van der Waals surface area contributed by atoms with Crippen molar-refractivity contribution in [3.63, 3.8) is 0 Å².